The summed E-state index contributed by atoms with van der Waals surface area (Å²) in [6, 6.07) is 0. The molecular weight excluding hydrogens is 244 g/mol. The lowest BCUT2D eigenvalue weighted by atomic mass is 10.0. The van der Waals surface area contributed by atoms with Crippen LogP contribution in [0.4, 0.5) is 0 Å². The van der Waals surface area contributed by atoms with Crippen molar-refractivity contribution in [3.05, 3.63) is 16.1 Å². The maximum Gasteiger partial charge on any atom is 0.0959 e. The van der Waals surface area contributed by atoms with Crippen LogP contribution in [0.15, 0.2) is 5.38 Å². The average molecular weight is 266 g/mol. The second kappa shape index (κ2) is 5.68. The third kappa shape index (κ3) is 3.11. The summed E-state index contributed by atoms with van der Waals surface area (Å²) in [6.07, 6.45) is 7.45. The van der Waals surface area contributed by atoms with E-state index < -0.39 is 0 Å². The van der Waals surface area contributed by atoms with Crippen LogP contribution in [0.2, 0.25) is 0 Å². The number of thiazole rings is 1. The van der Waals surface area contributed by atoms with E-state index in [-0.39, 0.29) is 6.10 Å². The van der Waals surface area contributed by atoms with Gasteiger partial charge in [-0.3, -0.25) is 0 Å². The minimum absolute atomic E-state index is 0.172. The first-order valence-electron chi connectivity index (χ1n) is 7.16. The highest BCUT2D eigenvalue weighted by atomic mass is 32.1. The molecule has 0 aliphatic heterocycles. The van der Waals surface area contributed by atoms with E-state index >= 15 is 0 Å². The van der Waals surface area contributed by atoms with E-state index in [4.69, 9.17) is 0 Å². The molecule has 3 nitrogen and oxygen atoms in total. The number of hydrogen-bond donors (Lipinski definition) is 2. The molecule has 0 amide bonds. The molecule has 3 rings (SSSR count). The quantitative estimate of drug-likeness (QED) is 0.832. The van der Waals surface area contributed by atoms with Gasteiger partial charge in [-0.2, -0.15) is 0 Å². The number of hydrogen-bond acceptors (Lipinski definition) is 4. The molecule has 1 aromatic rings. The summed E-state index contributed by atoms with van der Waals surface area (Å²) in [7, 11) is 0. The first-order valence-corrected chi connectivity index (χ1v) is 8.04. The van der Waals surface area contributed by atoms with Gasteiger partial charge in [0.1, 0.15) is 0 Å². The van der Waals surface area contributed by atoms with Crippen LogP contribution in [-0.4, -0.2) is 22.7 Å². The smallest absolute Gasteiger partial charge is 0.0959 e. The van der Waals surface area contributed by atoms with Gasteiger partial charge in [0.05, 0.1) is 16.8 Å². The molecule has 1 aromatic heterocycles. The van der Waals surface area contributed by atoms with Crippen molar-refractivity contribution in [2.45, 2.75) is 57.1 Å². The highest BCUT2D eigenvalue weighted by molar-refractivity contribution is 7.09. The first-order chi connectivity index (χ1) is 8.83. The van der Waals surface area contributed by atoms with E-state index in [9.17, 15) is 5.11 Å². The Labute approximate surface area is 113 Å². The van der Waals surface area contributed by atoms with E-state index in [1.165, 1.54) is 43.5 Å². The number of aliphatic hydroxyl groups is 1. The van der Waals surface area contributed by atoms with Gasteiger partial charge >= 0.3 is 0 Å². The van der Waals surface area contributed by atoms with Crippen LogP contribution in [0, 0.1) is 5.92 Å². The summed E-state index contributed by atoms with van der Waals surface area (Å²) in [5, 5.41) is 16.9. The summed E-state index contributed by atoms with van der Waals surface area (Å²) in [5.41, 5.74) is 1.14. The summed E-state index contributed by atoms with van der Waals surface area (Å²) in [6.45, 7) is 1.51. The average Bonchev–Trinajstić information content (AvgIpc) is 2.92. The number of nitrogens with zero attached hydrogens (tertiary/aromatic N) is 1. The fraction of sp³-hybridized carbons (Fsp3) is 0.786. The Balaban J connectivity index is 1.40. The molecule has 2 saturated carbocycles. The zero-order valence-corrected chi connectivity index (χ0v) is 11.6. The molecule has 1 atom stereocenters. The molecule has 0 bridgehead atoms. The standard InChI is InChI=1S/C14H22N2OS/c17-13(10-3-1-2-4-10)8-15-7-12-9-18-14(16-12)11-5-6-11/h9-11,13,15,17H,1-8H2. The fourth-order valence-electron chi connectivity index (χ4n) is 2.78. The van der Waals surface area contributed by atoms with Crippen LogP contribution in [0.1, 0.15) is 55.1 Å². The largest absolute Gasteiger partial charge is 0.392 e. The molecule has 2 aliphatic carbocycles. The van der Waals surface area contributed by atoms with Crippen molar-refractivity contribution in [3.8, 4) is 0 Å². The molecule has 100 valence electrons. The molecule has 0 radical (unpaired) electrons. The molecule has 1 unspecified atom stereocenters. The van der Waals surface area contributed by atoms with E-state index in [1.807, 2.05) is 0 Å². The van der Waals surface area contributed by atoms with Gasteiger partial charge in [-0.1, -0.05) is 12.8 Å². The molecule has 2 aliphatic rings. The van der Waals surface area contributed by atoms with Gasteiger partial charge in [-0.15, -0.1) is 11.3 Å². The Morgan fingerprint density at radius 2 is 2.11 bits per heavy atom. The van der Waals surface area contributed by atoms with E-state index in [0.29, 0.717) is 12.5 Å². The zero-order chi connectivity index (χ0) is 12.4. The lowest BCUT2D eigenvalue weighted by molar-refractivity contribution is 0.109. The Morgan fingerprint density at radius 3 is 2.83 bits per heavy atom. The Hall–Kier alpha value is -0.450. The van der Waals surface area contributed by atoms with Crippen molar-refractivity contribution < 1.29 is 5.11 Å². The van der Waals surface area contributed by atoms with Crippen molar-refractivity contribution in [1.29, 1.82) is 0 Å². The summed E-state index contributed by atoms with van der Waals surface area (Å²) in [5.74, 6) is 1.28. The fourth-order valence-corrected chi connectivity index (χ4v) is 3.77. The highest BCUT2D eigenvalue weighted by Crippen LogP contribution is 2.41. The van der Waals surface area contributed by atoms with Crippen LogP contribution < -0.4 is 5.32 Å². The minimum Gasteiger partial charge on any atom is -0.392 e. The van der Waals surface area contributed by atoms with Crippen molar-refractivity contribution in [1.82, 2.24) is 10.3 Å². The van der Waals surface area contributed by atoms with Crippen LogP contribution in [0.5, 0.6) is 0 Å². The highest BCUT2D eigenvalue weighted by Gasteiger charge is 2.26. The van der Waals surface area contributed by atoms with E-state index in [1.54, 1.807) is 11.3 Å². The Kier molecular flexibility index (Phi) is 3.97. The summed E-state index contributed by atoms with van der Waals surface area (Å²) >= 11 is 1.79. The van der Waals surface area contributed by atoms with Crippen LogP contribution in [-0.2, 0) is 6.54 Å². The molecule has 0 spiro atoms. The van der Waals surface area contributed by atoms with Gasteiger partial charge in [0.2, 0.25) is 0 Å². The second-order valence-electron chi connectivity index (χ2n) is 5.69. The van der Waals surface area contributed by atoms with Crippen molar-refractivity contribution in [2.75, 3.05) is 6.54 Å². The maximum atomic E-state index is 10.1. The molecule has 2 fully saturated rings. The predicted octanol–water partition coefficient (Wildman–Crippen LogP) is 2.66. The molecule has 0 saturated heterocycles. The van der Waals surface area contributed by atoms with Gasteiger partial charge in [-0.05, 0) is 31.6 Å². The predicted molar refractivity (Wildman–Crippen MR) is 73.8 cm³/mol. The van der Waals surface area contributed by atoms with Crippen LogP contribution in [0.3, 0.4) is 0 Å². The molecule has 1 heterocycles. The third-order valence-corrected chi connectivity index (χ3v) is 5.16. The van der Waals surface area contributed by atoms with Gasteiger partial charge < -0.3 is 10.4 Å². The lowest BCUT2D eigenvalue weighted by Gasteiger charge is -2.17. The van der Waals surface area contributed by atoms with Crippen molar-refractivity contribution in [2.24, 2.45) is 5.92 Å². The second-order valence-corrected chi connectivity index (χ2v) is 6.58. The SMILES string of the molecule is OC(CNCc1csc(C2CC2)n1)C1CCCC1. The van der Waals surface area contributed by atoms with Gasteiger partial charge in [0.15, 0.2) is 0 Å². The Bertz CT molecular complexity index is 383. The monoisotopic (exact) mass is 266 g/mol. The van der Waals surface area contributed by atoms with E-state index in [0.717, 1.165) is 18.2 Å². The van der Waals surface area contributed by atoms with Gasteiger partial charge in [0.25, 0.3) is 0 Å². The van der Waals surface area contributed by atoms with Gasteiger partial charge in [0, 0.05) is 24.4 Å². The van der Waals surface area contributed by atoms with Crippen molar-refractivity contribution >= 4 is 11.3 Å². The van der Waals surface area contributed by atoms with Crippen LogP contribution >= 0.6 is 11.3 Å². The Morgan fingerprint density at radius 1 is 1.33 bits per heavy atom. The minimum atomic E-state index is -0.172. The molecular formula is C14H22N2OS. The normalized spacial score (nSPS) is 22.5. The number of aromatic nitrogens is 1. The van der Waals surface area contributed by atoms with Gasteiger partial charge in [-0.25, -0.2) is 4.98 Å². The lowest BCUT2D eigenvalue weighted by Crippen LogP contribution is -2.31. The van der Waals surface area contributed by atoms with E-state index in [2.05, 4.69) is 15.7 Å². The summed E-state index contributed by atoms with van der Waals surface area (Å²) in [4.78, 5) is 4.64. The number of aliphatic hydroxyl groups excluding tert-OH is 1. The summed E-state index contributed by atoms with van der Waals surface area (Å²) < 4.78 is 0. The number of nitrogens with one attached hydrogen (secondary N) is 1. The topological polar surface area (TPSA) is 45.1 Å². The molecule has 2 N–H and O–H groups in total. The first kappa shape index (κ1) is 12.6. The van der Waals surface area contributed by atoms with Crippen molar-refractivity contribution in [3.63, 3.8) is 0 Å². The number of rotatable bonds is 6. The third-order valence-electron chi connectivity index (χ3n) is 4.10. The van der Waals surface area contributed by atoms with Crippen LogP contribution in [0.25, 0.3) is 0 Å². The zero-order valence-electron chi connectivity index (χ0n) is 10.8. The molecule has 4 heteroatoms. The molecule has 18 heavy (non-hydrogen) atoms. The molecule has 0 aromatic carbocycles. The maximum absolute atomic E-state index is 10.1.